The number of hydrogen-bond acceptors (Lipinski definition) is 3. The van der Waals surface area contributed by atoms with Gasteiger partial charge >= 0.3 is 0 Å². The molecule has 2 N–H and O–H groups in total. The lowest BCUT2D eigenvalue weighted by atomic mass is 9.98. The standard InChI is InChI=1S/C20H24N2O2/c1-24-18-9-7-15(8-10-18)17-11-12-22(14-17)20(23)13-19(21)16-5-3-2-4-6-16/h2-10,17,19H,11-14,21H2,1H3. The van der Waals surface area contributed by atoms with Crippen molar-refractivity contribution in [3.8, 4) is 5.75 Å². The maximum absolute atomic E-state index is 12.5. The van der Waals surface area contributed by atoms with Crippen LogP contribution >= 0.6 is 0 Å². The molecule has 2 unspecified atom stereocenters. The van der Waals surface area contributed by atoms with Gasteiger partial charge in [-0.15, -0.1) is 0 Å². The first-order valence-corrected chi connectivity index (χ1v) is 8.39. The van der Waals surface area contributed by atoms with Crippen molar-refractivity contribution in [3.05, 3.63) is 65.7 Å². The number of carbonyl (C=O) groups is 1. The number of nitrogens with two attached hydrogens (primary N) is 1. The molecule has 3 rings (SSSR count). The Morgan fingerprint density at radius 2 is 1.92 bits per heavy atom. The van der Waals surface area contributed by atoms with Gasteiger partial charge in [0.05, 0.1) is 7.11 Å². The molecule has 4 heteroatoms. The Balaban J connectivity index is 1.57. The molecule has 0 aliphatic carbocycles. The molecule has 0 radical (unpaired) electrons. The van der Waals surface area contributed by atoms with E-state index in [1.165, 1.54) is 5.56 Å². The Morgan fingerprint density at radius 3 is 2.58 bits per heavy atom. The molecule has 1 fully saturated rings. The summed E-state index contributed by atoms with van der Waals surface area (Å²) in [7, 11) is 1.67. The Kier molecular flexibility index (Phi) is 5.16. The van der Waals surface area contributed by atoms with E-state index in [9.17, 15) is 4.79 Å². The molecule has 2 aromatic carbocycles. The lowest BCUT2D eigenvalue weighted by Gasteiger charge is -2.19. The van der Waals surface area contributed by atoms with Crippen molar-refractivity contribution in [2.24, 2.45) is 5.73 Å². The molecule has 1 heterocycles. The number of hydrogen-bond donors (Lipinski definition) is 1. The minimum absolute atomic E-state index is 0.141. The molecule has 0 bridgehead atoms. The third-order valence-corrected chi connectivity index (χ3v) is 4.75. The lowest BCUT2D eigenvalue weighted by Crippen LogP contribution is -2.31. The first-order chi connectivity index (χ1) is 11.7. The highest BCUT2D eigenvalue weighted by Crippen LogP contribution is 2.29. The zero-order chi connectivity index (χ0) is 16.9. The number of ether oxygens (including phenoxy) is 1. The number of amides is 1. The van der Waals surface area contributed by atoms with Crippen LogP contribution in [0.1, 0.15) is 35.9 Å². The number of nitrogens with zero attached hydrogens (tertiary/aromatic N) is 1. The molecule has 1 aliphatic heterocycles. The second kappa shape index (κ2) is 7.49. The van der Waals surface area contributed by atoms with Crippen molar-refractivity contribution in [2.45, 2.75) is 24.8 Å². The Morgan fingerprint density at radius 1 is 1.21 bits per heavy atom. The summed E-state index contributed by atoms with van der Waals surface area (Å²) in [5, 5.41) is 0. The van der Waals surface area contributed by atoms with E-state index in [1.807, 2.05) is 47.4 Å². The molecule has 0 saturated carbocycles. The van der Waals surface area contributed by atoms with Crippen LogP contribution in [0.2, 0.25) is 0 Å². The van der Waals surface area contributed by atoms with Crippen LogP contribution < -0.4 is 10.5 Å². The number of likely N-dealkylation sites (tertiary alicyclic amines) is 1. The smallest absolute Gasteiger partial charge is 0.224 e. The third kappa shape index (κ3) is 3.77. The maximum atomic E-state index is 12.5. The lowest BCUT2D eigenvalue weighted by molar-refractivity contribution is -0.130. The van der Waals surface area contributed by atoms with E-state index in [0.29, 0.717) is 12.3 Å². The maximum Gasteiger partial charge on any atom is 0.224 e. The first kappa shape index (κ1) is 16.5. The molecule has 1 aliphatic rings. The summed E-state index contributed by atoms with van der Waals surface area (Å²) in [5.74, 6) is 1.40. The molecule has 24 heavy (non-hydrogen) atoms. The predicted octanol–water partition coefficient (Wildman–Crippen LogP) is 3.10. The van der Waals surface area contributed by atoms with Gasteiger partial charge in [-0.1, -0.05) is 42.5 Å². The summed E-state index contributed by atoms with van der Waals surface area (Å²) in [6, 6.07) is 17.7. The molecule has 0 spiro atoms. The average molecular weight is 324 g/mol. The van der Waals surface area contributed by atoms with E-state index in [2.05, 4.69) is 12.1 Å². The molecule has 1 amide bonds. The Labute approximate surface area is 143 Å². The summed E-state index contributed by atoms with van der Waals surface area (Å²) < 4.78 is 5.20. The first-order valence-electron chi connectivity index (χ1n) is 8.39. The van der Waals surface area contributed by atoms with E-state index in [4.69, 9.17) is 10.5 Å². The van der Waals surface area contributed by atoms with Crippen molar-refractivity contribution in [2.75, 3.05) is 20.2 Å². The molecule has 2 atom stereocenters. The SMILES string of the molecule is COc1ccc(C2CCN(C(=O)CC(N)c3ccccc3)C2)cc1. The summed E-state index contributed by atoms with van der Waals surface area (Å²) >= 11 is 0. The van der Waals surface area contributed by atoms with Gasteiger partial charge in [-0.25, -0.2) is 0 Å². The fourth-order valence-corrected chi connectivity index (χ4v) is 3.27. The molecule has 4 nitrogen and oxygen atoms in total. The van der Waals surface area contributed by atoms with Crippen molar-refractivity contribution in [3.63, 3.8) is 0 Å². The topological polar surface area (TPSA) is 55.6 Å². The predicted molar refractivity (Wildman–Crippen MR) is 94.9 cm³/mol. The van der Waals surface area contributed by atoms with Crippen molar-refractivity contribution < 1.29 is 9.53 Å². The highest BCUT2D eigenvalue weighted by molar-refractivity contribution is 5.77. The van der Waals surface area contributed by atoms with E-state index < -0.39 is 0 Å². The van der Waals surface area contributed by atoms with Crippen molar-refractivity contribution >= 4 is 5.91 Å². The molecule has 2 aromatic rings. The van der Waals surface area contributed by atoms with Crippen LogP contribution in [0.5, 0.6) is 5.75 Å². The van der Waals surface area contributed by atoms with E-state index in [1.54, 1.807) is 7.11 Å². The Bertz CT molecular complexity index is 670. The summed E-state index contributed by atoms with van der Waals surface area (Å²) in [4.78, 5) is 14.5. The van der Waals surface area contributed by atoms with Gasteiger partial charge in [0.25, 0.3) is 0 Å². The summed E-state index contributed by atoms with van der Waals surface area (Å²) in [6.45, 7) is 1.57. The van der Waals surface area contributed by atoms with E-state index in [-0.39, 0.29) is 11.9 Å². The van der Waals surface area contributed by atoms with Gasteiger partial charge in [-0.05, 0) is 29.7 Å². The van der Waals surface area contributed by atoms with Crippen LogP contribution in [0.3, 0.4) is 0 Å². The van der Waals surface area contributed by atoms with Gasteiger partial charge in [0.2, 0.25) is 5.91 Å². The summed E-state index contributed by atoms with van der Waals surface area (Å²) in [6.07, 6.45) is 1.36. The van der Waals surface area contributed by atoms with E-state index in [0.717, 1.165) is 30.8 Å². The average Bonchev–Trinajstić information content (AvgIpc) is 3.13. The Hall–Kier alpha value is -2.33. The van der Waals surface area contributed by atoms with Gasteiger partial charge in [-0.3, -0.25) is 4.79 Å². The molecular formula is C20H24N2O2. The normalized spacial score (nSPS) is 18.4. The summed E-state index contributed by atoms with van der Waals surface area (Å²) in [5.41, 5.74) is 8.45. The van der Waals surface area contributed by atoms with Gasteiger partial charge < -0.3 is 15.4 Å². The van der Waals surface area contributed by atoms with Gasteiger partial charge in [0.15, 0.2) is 0 Å². The van der Waals surface area contributed by atoms with E-state index >= 15 is 0 Å². The van der Waals surface area contributed by atoms with Crippen molar-refractivity contribution in [1.82, 2.24) is 4.90 Å². The number of rotatable bonds is 5. The second-order valence-electron chi connectivity index (χ2n) is 6.32. The van der Waals surface area contributed by atoms with Crippen LogP contribution in [-0.2, 0) is 4.79 Å². The fraction of sp³-hybridized carbons (Fsp3) is 0.350. The fourth-order valence-electron chi connectivity index (χ4n) is 3.27. The minimum atomic E-state index is -0.237. The monoisotopic (exact) mass is 324 g/mol. The number of methoxy groups -OCH3 is 1. The van der Waals surface area contributed by atoms with Gasteiger partial charge in [-0.2, -0.15) is 0 Å². The van der Waals surface area contributed by atoms with Crippen LogP contribution in [-0.4, -0.2) is 31.0 Å². The van der Waals surface area contributed by atoms with Gasteiger partial charge in [0.1, 0.15) is 5.75 Å². The van der Waals surface area contributed by atoms with Crippen LogP contribution in [0.15, 0.2) is 54.6 Å². The highest BCUT2D eigenvalue weighted by Gasteiger charge is 2.28. The molecule has 126 valence electrons. The molecule has 1 saturated heterocycles. The highest BCUT2D eigenvalue weighted by atomic mass is 16.5. The number of carbonyl (C=O) groups excluding carboxylic acids is 1. The minimum Gasteiger partial charge on any atom is -0.497 e. The largest absolute Gasteiger partial charge is 0.497 e. The van der Waals surface area contributed by atoms with Crippen LogP contribution in [0.4, 0.5) is 0 Å². The van der Waals surface area contributed by atoms with Crippen LogP contribution in [0, 0.1) is 0 Å². The van der Waals surface area contributed by atoms with Crippen LogP contribution in [0.25, 0.3) is 0 Å². The quantitative estimate of drug-likeness (QED) is 0.919. The number of benzene rings is 2. The molecule has 0 aromatic heterocycles. The zero-order valence-electron chi connectivity index (χ0n) is 14.0. The molecular weight excluding hydrogens is 300 g/mol. The zero-order valence-corrected chi connectivity index (χ0v) is 14.0. The van der Waals surface area contributed by atoms with Crippen molar-refractivity contribution in [1.29, 1.82) is 0 Å². The van der Waals surface area contributed by atoms with Gasteiger partial charge in [0, 0.05) is 31.5 Å². The second-order valence-corrected chi connectivity index (χ2v) is 6.32. The third-order valence-electron chi connectivity index (χ3n) is 4.75.